The normalized spacial score (nSPS) is 16.9. The number of hydrogen-bond donors (Lipinski definition) is 1. The second kappa shape index (κ2) is 6.75. The van der Waals surface area contributed by atoms with Gasteiger partial charge in [0.1, 0.15) is 5.75 Å². The van der Waals surface area contributed by atoms with Crippen molar-refractivity contribution in [2.45, 2.75) is 20.8 Å². The third-order valence-electron chi connectivity index (χ3n) is 3.83. The zero-order valence-electron chi connectivity index (χ0n) is 12.6. The Bertz CT molecular complexity index is 468. The van der Waals surface area contributed by atoms with E-state index in [0.717, 1.165) is 31.9 Å². The molecule has 2 rings (SSSR count). The van der Waals surface area contributed by atoms with Crippen LogP contribution in [0.2, 0.25) is 0 Å². The number of ether oxygens (including phenoxy) is 1. The van der Waals surface area contributed by atoms with Crippen molar-refractivity contribution in [3.8, 4) is 5.75 Å². The second-order valence-electron chi connectivity index (χ2n) is 5.53. The van der Waals surface area contributed by atoms with E-state index in [1.165, 1.54) is 11.1 Å². The van der Waals surface area contributed by atoms with Gasteiger partial charge in [0.15, 0.2) is 0 Å². The van der Waals surface area contributed by atoms with Crippen LogP contribution in [0.5, 0.6) is 5.75 Å². The zero-order chi connectivity index (χ0) is 14.5. The number of carbonyl (C=O) groups is 1. The van der Waals surface area contributed by atoms with Gasteiger partial charge in [-0.15, -0.1) is 0 Å². The molecule has 20 heavy (non-hydrogen) atoms. The first-order chi connectivity index (χ1) is 9.58. The molecule has 1 heterocycles. The first kappa shape index (κ1) is 14.9. The van der Waals surface area contributed by atoms with Crippen molar-refractivity contribution < 1.29 is 9.53 Å². The van der Waals surface area contributed by atoms with E-state index >= 15 is 0 Å². The van der Waals surface area contributed by atoms with Crippen molar-refractivity contribution in [3.63, 3.8) is 0 Å². The van der Waals surface area contributed by atoms with E-state index < -0.39 is 0 Å². The number of carbonyl (C=O) groups excluding carboxylic acids is 1. The van der Waals surface area contributed by atoms with Crippen LogP contribution in [-0.4, -0.2) is 43.6 Å². The number of aryl methyl sites for hydroxylation is 2. The van der Waals surface area contributed by atoms with E-state index in [1.54, 1.807) is 0 Å². The molecule has 1 aliphatic heterocycles. The third-order valence-corrected chi connectivity index (χ3v) is 3.83. The molecular formula is C16H24N2O2. The Morgan fingerprint density at radius 1 is 1.30 bits per heavy atom. The number of amides is 1. The lowest BCUT2D eigenvalue weighted by Gasteiger charge is -2.29. The molecule has 1 N–H and O–H groups in total. The fourth-order valence-corrected chi connectivity index (χ4v) is 2.29. The van der Waals surface area contributed by atoms with Gasteiger partial charge < -0.3 is 15.0 Å². The average molecular weight is 276 g/mol. The molecule has 1 saturated heterocycles. The second-order valence-corrected chi connectivity index (χ2v) is 5.53. The largest absolute Gasteiger partial charge is 0.493 e. The molecule has 0 aliphatic carbocycles. The topological polar surface area (TPSA) is 41.6 Å². The lowest BCUT2D eigenvalue weighted by molar-refractivity contribution is -0.136. The molecule has 1 atom stereocenters. The van der Waals surface area contributed by atoms with Crippen LogP contribution < -0.4 is 10.1 Å². The summed E-state index contributed by atoms with van der Waals surface area (Å²) in [7, 11) is 0. The van der Waals surface area contributed by atoms with Gasteiger partial charge in [-0.05, 0) is 37.1 Å². The fourth-order valence-electron chi connectivity index (χ4n) is 2.29. The SMILES string of the molecule is Cc1ccc(OCC(C)C(=O)N2CCNCC2)cc1C. The summed E-state index contributed by atoms with van der Waals surface area (Å²) >= 11 is 0. The smallest absolute Gasteiger partial charge is 0.228 e. The van der Waals surface area contributed by atoms with E-state index in [9.17, 15) is 4.79 Å². The summed E-state index contributed by atoms with van der Waals surface area (Å²) in [5.74, 6) is 0.929. The summed E-state index contributed by atoms with van der Waals surface area (Å²) in [6.07, 6.45) is 0. The number of hydrogen-bond acceptors (Lipinski definition) is 3. The summed E-state index contributed by atoms with van der Waals surface area (Å²) in [5, 5.41) is 3.25. The van der Waals surface area contributed by atoms with Crippen LogP contribution in [0.15, 0.2) is 18.2 Å². The molecule has 1 aromatic rings. The van der Waals surface area contributed by atoms with Crippen LogP contribution in [0.1, 0.15) is 18.1 Å². The van der Waals surface area contributed by atoms with E-state index in [2.05, 4.69) is 19.2 Å². The van der Waals surface area contributed by atoms with Gasteiger partial charge >= 0.3 is 0 Å². The summed E-state index contributed by atoms with van der Waals surface area (Å²) in [5.41, 5.74) is 2.46. The highest BCUT2D eigenvalue weighted by Gasteiger charge is 2.22. The van der Waals surface area contributed by atoms with E-state index in [4.69, 9.17) is 4.74 Å². The third kappa shape index (κ3) is 3.73. The Balaban J connectivity index is 1.85. The average Bonchev–Trinajstić information content (AvgIpc) is 2.48. The van der Waals surface area contributed by atoms with E-state index in [-0.39, 0.29) is 11.8 Å². The standard InChI is InChI=1S/C16H24N2O2/c1-12-4-5-15(10-13(12)2)20-11-14(3)16(19)18-8-6-17-7-9-18/h4-5,10,14,17H,6-9,11H2,1-3H3. The predicted octanol–water partition coefficient (Wildman–Crippen LogP) is 1.75. The molecule has 4 heteroatoms. The van der Waals surface area contributed by atoms with Crippen LogP contribution >= 0.6 is 0 Å². The maximum atomic E-state index is 12.3. The number of rotatable bonds is 4. The number of piperazine rings is 1. The minimum atomic E-state index is -0.102. The van der Waals surface area contributed by atoms with Gasteiger partial charge in [-0.2, -0.15) is 0 Å². The van der Waals surface area contributed by atoms with Gasteiger partial charge in [-0.25, -0.2) is 0 Å². The maximum Gasteiger partial charge on any atom is 0.228 e. The van der Waals surface area contributed by atoms with E-state index in [0.29, 0.717) is 6.61 Å². The summed E-state index contributed by atoms with van der Waals surface area (Å²) in [4.78, 5) is 14.2. The van der Waals surface area contributed by atoms with Crippen LogP contribution in [0.4, 0.5) is 0 Å². The highest BCUT2D eigenvalue weighted by Crippen LogP contribution is 2.17. The number of nitrogens with zero attached hydrogens (tertiary/aromatic N) is 1. The molecule has 0 spiro atoms. The Labute approximate surface area is 121 Å². The highest BCUT2D eigenvalue weighted by molar-refractivity contribution is 5.78. The quantitative estimate of drug-likeness (QED) is 0.911. The van der Waals surface area contributed by atoms with Crippen molar-refractivity contribution in [2.24, 2.45) is 5.92 Å². The number of nitrogens with one attached hydrogen (secondary N) is 1. The molecule has 1 aliphatic rings. The van der Waals surface area contributed by atoms with Gasteiger partial charge in [0.05, 0.1) is 12.5 Å². The van der Waals surface area contributed by atoms with Crippen molar-refractivity contribution >= 4 is 5.91 Å². The molecule has 1 aromatic carbocycles. The zero-order valence-corrected chi connectivity index (χ0v) is 12.6. The molecule has 1 amide bonds. The Kier molecular flexibility index (Phi) is 5.01. The van der Waals surface area contributed by atoms with Crippen LogP contribution in [0.25, 0.3) is 0 Å². The Morgan fingerprint density at radius 2 is 2.00 bits per heavy atom. The molecular weight excluding hydrogens is 252 g/mol. The lowest BCUT2D eigenvalue weighted by atomic mass is 10.1. The highest BCUT2D eigenvalue weighted by atomic mass is 16.5. The molecule has 1 unspecified atom stereocenters. The molecule has 0 aromatic heterocycles. The molecule has 4 nitrogen and oxygen atoms in total. The minimum Gasteiger partial charge on any atom is -0.493 e. The van der Waals surface area contributed by atoms with Gasteiger partial charge in [-0.3, -0.25) is 4.79 Å². The summed E-state index contributed by atoms with van der Waals surface area (Å²) in [6.45, 7) is 9.89. The summed E-state index contributed by atoms with van der Waals surface area (Å²) < 4.78 is 5.75. The first-order valence-electron chi connectivity index (χ1n) is 7.27. The monoisotopic (exact) mass is 276 g/mol. The molecule has 0 saturated carbocycles. The van der Waals surface area contributed by atoms with Gasteiger partial charge in [0, 0.05) is 26.2 Å². The van der Waals surface area contributed by atoms with Crippen LogP contribution in [0.3, 0.4) is 0 Å². The van der Waals surface area contributed by atoms with Crippen molar-refractivity contribution in [1.29, 1.82) is 0 Å². The molecule has 0 radical (unpaired) electrons. The van der Waals surface area contributed by atoms with Crippen molar-refractivity contribution in [1.82, 2.24) is 10.2 Å². The number of benzene rings is 1. The lowest BCUT2D eigenvalue weighted by Crippen LogP contribution is -2.48. The van der Waals surface area contributed by atoms with Crippen molar-refractivity contribution in [3.05, 3.63) is 29.3 Å². The summed E-state index contributed by atoms with van der Waals surface area (Å²) in [6, 6.07) is 6.04. The van der Waals surface area contributed by atoms with Gasteiger partial charge in [0.2, 0.25) is 5.91 Å². The predicted molar refractivity (Wildman–Crippen MR) is 80.0 cm³/mol. The van der Waals surface area contributed by atoms with Gasteiger partial charge in [0.25, 0.3) is 0 Å². The molecule has 0 bridgehead atoms. The Hall–Kier alpha value is -1.55. The molecule has 110 valence electrons. The van der Waals surface area contributed by atoms with Gasteiger partial charge in [-0.1, -0.05) is 13.0 Å². The fraction of sp³-hybridized carbons (Fsp3) is 0.562. The first-order valence-corrected chi connectivity index (χ1v) is 7.27. The Morgan fingerprint density at radius 3 is 2.65 bits per heavy atom. The molecule has 1 fully saturated rings. The van der Waals surface area contributed by atoms with Crippen LogP contribution in [-0.2, 0) is 4.79 Å². The van der Waals surface area contributed by atoms with Crippen molar-refractivity contribution in [2.75, 3.05) is 32.8 Å². The van der Waals surface area contributed by atoms with E-state index in [1.807, 2.05) is 30.0 Å². The minimum absolute atomic E-state index is 0.102. The van der Waals surface area contributed by atoms with Crippen LogP contribution in [0, 0.1) is 19.8 Å². The maximum absolute atomic E-state index is 12.3.